The molecule has 0 aliphatic carbocycles. The molecule has 1 rings (SSSR count). The van der Waals surface area contributed by atoms with Crippen LogP contribution in [0.25, 0.3) is 0 Å². The van der Waals surface area contributed by atoms with Gasteiger partial charge >= 0.3 is 0 Å². The number of likely N-dealkylation sites (N-methyl/N-ethyl adjacent to an activating group) is 1. The lowest BCUT2D eigenvalue weighted by atomic mass is 9.76. The van der Waals surface area contributed by atoms with Gasteiger partial charge in [-0.25, -0.2) is 0 Å². The van der Waals surface area contributed by atoms with Crippen LogP contribution < -0.4 is 5.32 Å². The first-order valence-corrected chi connectivity index (χ1v) is 7.63. The number of rotatable bonds is 7. The van der Waals surface area contributed by atoms with Crippen LogP contribution in [-0.2, 0) is 6.42 Å². The molecular weight excluding hydrogens is 266 g/mol. The molecule has 21 heavy (non-hydrogen) atoms. The predicted octanol–water partition coefficient (Wildman–Crippen LogP) is 2.87. The molecule has 120 valence electrons. The van der Waals surface area contributed by atoms with Gasteiger partial charge in [-0.15, -0.1) is 0 Å². The van der Waals surface area contributed by atoms with E-state index in [-0.39, 0.29) is 11.4 Å². The Morgan fingerprint density at radius 3 is 2.38 bits per heavy atom. The molecule has 0 aliphatic rings. The van der Waals surface area contributed by atoms with Gasteiger partial charge in [0.2, 0.25) is 0 Å². The summed E-state index contributed by atoms with van der Waals surface area (Å²) < 4.78 is 5.11. The summed E-state index contributed by atoms with van der Waals surface area (Å²) in [4.78, 5) is 14.6. The van der Waals surface area contributed by atoms with Gasteiger partial charge in [-0.3, -0.25) is 4.79 Å². The van der Waals surface area contributed by atoms with Crippen molar-refractivity contribution in [2.75, 3.05) is 14.1 Å². The summed E-state index contributed by atoms with van der Waals surface area (Å²) >= 11 is 0. The molecule has 5 heteroatoms. The van der Waals surface area contributed by atoms with E-state index >= 15 is 0 Å². The second-order valence-electron chi connectivity index (χ2n) is 6.53. The number of hydrogen-bond acceptors (Lipinski definition) is 4. The number of nitrogens with zero attached hydrogens (tertiary/aromatic N) is 2. The molecule has 0 radical (unpaired) electrons. The quantitative estimate of drug-likeness (QED) is 0.840. The van der Waals surface area contributed by atoms with Crippen LogP contribution in [0.15, 0.2) is 10.6 Å². The lowest BCUT2D eigenvalue weighted by Gasteiger charge is -2.49. The van der Waals surface area contributed by atoms with Crippen molar-refractivity contribution in [2.24, 2.45) is 0 Å². The minimum absolute atomic E-state index is 0.144. The number of amides is 1. The highest BCUT2D eigenvalue weighted by Gasteiger charge is 2.43. The number of hydrogen-bond donors (Lipinski definition) is 1. The van der Waals surface area contributed by atoms with Crippen LogP contribution in [0.2, 0.25) is 0 Å². The van der Waals surface area contributed by atoms with Gasteiger partial charge in [-0.1, -0.05) is 25.4 Å². The smallest absolute Gasteiger partial charge is 0.273 e. The van der Waals surface area contributed by atoms with E-state index in [0.29, 0.717) is 5.69 Å². The van der Waals surface area contributed by atoms with Crippen molar-refractivity contribution in [3.8, 4) is 0 Å². The lowest BCUT2D eigenvalue weighted by Crippen LogP contribution is -2.65. The minimum Gasteiger partial charge on any atom is -0.361 e. The average molecular weight is 295 g/mol. The van der Waals surface area contributed by atoms with E-state index < -0.39 is 5.54 Å². The second-order valence-corrected chi connectivity index (χ2v) is 6.53. The van der Waals surface area contributed by atoms with E-state index in [1.807, 2.05) is 6.92 Å². The summed E-state index contributed by atoms with van der Waals surface area (Å²) in [5.74, 6) is 0.537. The monoisotopic (exact) mass is 295 g/mol. The van der Waals surface area contributed by atoms with Crippen molar-refractivity contribution >= 4 is 5.91 Å². The van der Waals surface area contributed by atoms with Crippen LogP contribution in [0.1, 0.15) is 63.7 Å². The number of nitrogens with one attached hydrogen (secondary N) is 1. The zero-order valence-corrected chi connectivity index (χ0v) is 14.4. The summed E-state index contributed by atoms with van der Waals surface area (Å²) in [6, 6.07) is 1.71. The van der Waals surface area contributed by atoms with Crippen LogP contribution in [-0.4, -0.2) is 41.1 Å². The average Bonchev–Trinajstić information content (AvgIpc) is 2.86. The van der Waals surface area contributed by atoms with Crippen LogP contribution in [0.5, 0.6) is 0 Å². The van der Waals surface area contributed by atoms with Crippen LogP contribution in [0.3, 0.4) is 0 Å². The first-order valence-electron chi connectivity index (χ1n) is 7.63. The largest absolute Gasteiger partial charge is 0.361 e. The second kappa shape index (κ2) is 6.60. The summed E-state index contributed by atoms with van der Waals surface area (Å²) in [7, 11) is 4.10. The molecule has 0 saturated carbocycles. The molecule has 1 unspecified atom stereocenters. The molecule has 1 atom stereocenters. The maximum absolute atomic E-state index is 12.4. The molecule has 1 heterocycles. The SMILES string of the molecule is CCCC(C)(N(C)C)C(C)(C)NC(=O)c1cc(CC)on1. The summed E-state index contributed by atoms with van der Waals surface area (Å²) in [5.41, 5.74) is -0.193. The Labute approximate surface area is 128 Å². The molecule has 0 saturated heterocycles. The fraction of sp³-hybridized carbons (Fsp3) is 0.750. The van der Waals surface area contributed by atoms with E-state index in [1.165, 1.54) is 0 Å². The van der Waals surface area contributed by atoms with Crippen molar-refractivity contribution in [1.82, 2.24) is 15.4 Å². The van der Waals surface area contributed by atoms with Gasteiger partial charge in [0.15, 0.2) is 5.69 Å². The molecule has 1 N–H and O–H groups in total. The Morgan fingerprint density at radius 2 is 1.95 bits per heavy atom. The number of aryl methyl sites for hydroxylation is 1. The minimum atomic E-state index is -0.394. The summed E-state index contributed by atoms with van der Waals surface area (Å²) in [5, 5.41) is 6.96. The molecule has 0 fully saturated rings. The van der Waals surface area contributed by atoms with Crippen molar-refractivity contribution < 1.29 is 9.32 Å². The van der Waals surface area contributed by atoms with Gasteiger partial charge in [0.25, 0.3) is 5.91 Å². The zero-order chi connectivity index (χ0) is 16.3. The first-order chi connectivity index (χ1) is 9.67. The summed E-state index contributed by atoms with van der Waals surface area (Å²) in [6.07, 6.45) is 2.78. The van der Waals surface area contributed by atoms with Gasteiger partial charge in [0, 0.05) is 18.0 Å². The molecule has 0 aromatic carbocycles. The maximum atomic E-state index is 12.4. The van der Waals surface area contributed by atoms with E-state index in [2.05, 4.69) is 57.2 Å². The Morgan fingerprint density at radius 1 is 1.33 bits per heavy atom. The van der Waals surface area contributed by atoms with E-state index in [4.69, 9.17) is 4.52 Å². The Kier molecular flexibility index (Phi) is 5.56. The van der Waals surface area contributed by atoms with Crippen molar-refractivity contribution in [2.45, 2.75) is 65.0 Å². The lowest BCUT2D eigenvalue weighted by molar-refractivity contribution is 0.0486. The highest BCUT2D eigenvalue weighted by molar-refractivity contribution is 5.92. The van der Waals surface area contributed by atoms with Crippen molar-refractivity contribution in [3.05, 3.63) is 17.5 Å². The van der Waals surface area contributed by atoms with Gasteiger partial charge < -0.3 is 14.7 Å². The molecule has 5 nitrogen and oxygen atoms in total. The highest BCUT2D eigenvalue weighted by Crippen LogP contribution is 2.31. The number of carbonyl (C=O) groups excluding carboxylic acids is 1. The number of aromatic nitrogens is 1. The van der Waals surface area contributed by atoms with Crippen LogP contribution >= 0.6 is 0 Å². The van der Waals surface area contributed by atoms with Gasteiger partial charge in [-0.2, -0.15) is 0 Å². The van der Waals surface area contributed by atoms with Gasteiger partial charge in [0.05, 0.1) is 5.54 Å². The zero-order valence-electron chi connectivity index (χ0n) is 14.4. The molecular formula is C16H29N3O2. The van der Waals surface area contributed by atoms with E-state index in [0.717, 1.165) is 25.0 Å². The molecule has 1 amide bonds. The van der Waals surface area contributed by atoms with Gasteiger partial charge in [0.1, 0.15) is 5.76 Å². The van der Waals surface area contributed by atoms with E-state index in [9.17, 15) is 4.79 Å². The van der Waals surface area contributed by atoms with Crippen LogP contribution in [0.4, 0.5) is 0 Å². The van der Waals surface area contributed by atoms with Crippen LogP contribution in [0, 0.1) is 0 Å². The highest BCUT2D eigenvalue weighted by atomic mass is 16.5. The number of carbonyl (C=O) groups is 1. The molecule has 0 bridgehead atoms. The topological polar surface area (TPSA) is 58.4 Å². The predicted molar refractivity (Wildman–Crippen MR) is 84.4 cm³/mol. The third kappa shape index (κ3) is 3.64. The Balaban J connectivity index is 2.94. The van der Waals surface area contributed by atoms with Crippen molar-refractivity contribution in [3.63, 3.8) is 0 Å². The normalized spacial score (nSPS) is 15.0. The molecule has 0 spiro atoms. The fourth-order valence-corrected chi connectivity index (χ4v) is 2.65. The maximum Gasteiger partial charge on any atom is 0.273 e. The molecule has 1 aromatic rings. The van der Waals surface area contributed by atoms with Gasteiger partial charge in [-0.05, 0) is 41.3 Å². The molecule has 1 aromatic heterocycles. The first kappa shape index (κ1) is 17.7. The molecule has 0 aliphatic heterocycles. The standard InChI is InChI=1S/C16H29N3O2/c1-8-10-16(5,19(6)7)15(3,4)17-14(20)13-11-12(9-2)21-18-13/h11H,8-10H2,1-7H3,(H,17,20). The third-order valence-electron chi connectivity index (χ3n) is 4.64. The third-order valence-corrected chi connectivity index (χ3v) is 4.64. The Bertz CT molecular complexity index is 480. The summed E-state index contributed by atoms with van der Waals surface area (Å²) in [6.45, 7) is 10.4. The van der Waals surface area contributed by atoms with E-state index in [1.54, 1.807) is 6.07 Å². The Hall–Kier alpha value is -1.36. The van der Waals surface area contributed by atoms with Crippen molar-refractivity contribution in [1.29, 1.82) is 0 Å². The fourth-order valence-electron chi connectivity index (χ4n) is 2.65.